The molecule has 2 fully saturated rings. The van der Waals surface area contributed by atoms with Gasteiger partial charge in [-0.05, 0) is 30.5 Å². The van der Waals surface area contributed by atoms with Crippen LogP contribution in [0.25, 0.3) is 0 Å². The van der Waals surface area contributed by atoms with E-state index < -0.39 is 0 Å². The number of hydrogen-bond donors (Lipinski definition) is 0. The molecular formula is C24H31N3O. The van der Waals surface area contributed by atoms with Gasteiger partial charge in [0.1, 0.15) is 0 Å². The van der Waals surface area contributed by atoms with Crippen LogP contribution in [0.1, 0.15) is 24.0 Å². The van der Waals surface area contributed by atoms with Crippen molar-refractivity contribution in [2.75, 3.05) is 39.3 Å². The van der Waals surface area contributed by atoms with Gasteiger partial charge in [-0.25, -0.2) is 0 Å². The quantitative estimate of drug-likeness (QED) is 0.800. The zero-order valence-electron chi connectivity index (χ0n) is 16.7. The van der Waals surface area contributed by atoms with Crippen molar-refractivity contribution in [2.45, 2.75) is 25.9 Å². The number of piperazine rings is 1. The Balaban J connectivity index is 1.26. The average molecular weight is 378 g/mol. The first kappa shape index (κ1) is 19.2. The Labute approximate surface area is 168 Å². The summed E-state index contributed by atoms with van der Waals surface area (Å²) in [4.78, 5) is 20.1. The summed E-state index contributed by atoms with van der Waals surface area (Å²) in [5.74, 6) is 0.537. The first-order chi connectivity index (χ1) is 13.8. The Hall–Kier alpha value is -2.17. The van der Waals surface area contributed by atoms with Gasteiger partial charge in [-0.1, -0.05) is 60.7 Å². The van der Waals surface area contributed by atoms with Crippen molar-refractivity contribution in [1.29, 1.82) is 0 Å². The Morgan fingerprint density at radius 3 is 1.93 bits per heavy atom. The minimum absolute atomic E-state index is 0.165. The maximum absolute atomic E-state index is 13.1. The lowest BCUT2D eigenvalue weighted by molar-refractivity contribution is -0.139. The third-order valence-electron chi connectivity index (χ3n) is 6.04. The largest absolute Gasteiger partial charge is 0.340 e. The summed E-state index contributed by atoms with van der Waals surface area (Å²) in [5.41, 5.74) is 2.69. The van der Waals surface area contributed by atoms with Crippen LogP contribution in [0.15, 0.2) is 60.7 Å². The monoisotopic (exact) mass is 377 g/mol. The summed E-state index contributed by atoms with van der Waals surface area (Å²) in [6.07, 6.45) is 2.16. The first-order valence-electron chi connectivity index (χ1n) is 10.6. The van der Waals surface area contributed by atoms with Crippen molar-refractivity contribution in [3.8, 4) is 0 Å². The third kappa shape index (κ3) is 5.00. The summed E-state index contributed by atoms with van der Waals surface area (Å²) >= 11 is 0. The lowest BCUT2D eigenvalue weighted by Crippen LogP contribution is -2.52. The average Bonchev–Trinajstić information content (AvgIpc) is 2.75. The van der Waals surface area contributed by atoms with Crippen molar-refractivity contribution < 1.29 is 4.79 Å². The molecule has 2 aromatic carbocycles. The van der Waals surface area contributed by atoms with Crippen LogP contribution in [0.5, 0.6) is 0 Å². The molecular weight excluding hydrogens is 346 g/mol. The molecule has 2 aliphatic heterocycles. The van der Waals surface area contributed by atoms with Crippen LogP contribution in [0, 0.1) is 5.92 Å². The predicted octanol–water partition coefficient (Wildman–Crippen LogP) is 3.24. The molecule has 28 heavy (non-hydrogen) atoms. The highest BCUT2D eigenvalue weighted by Crippen LogP contribution is 2.21. The fourth-order valence-electron chi connectivity index (χ4n) is 4.47. The second kappa shape index (κ2) is 9.35. The predicted molar refractivity (Wildman–Crippen MR) is 113 cm³/mol. The molecule has 2 aliphatic rings. The van der Waals surface area contributed by atoms with E-state index in [1.54, 1.807) is 0 Å². The molecule has 148 valence electrons. The summed E-state index contributed by atoms with van der Waals surface area (Å²) in [6, 6.07) is 21.2. The van der Waals surface area contributed by atoms with Crippen LogP contribution in [0.2, 0.25) is 0 Å². The SMILES string of the molecule is O=C(C1CCCN(Cc2ccccc2)C1)N1CCN(Cc2ccccc2)CC1. The lowest BCUT2D eigenvalue weighted by Gasteiger charge is -2.39. The van der Waals surface area contributed by atoms with Crippen LogP contribution >= 0.6 is 0 Å². The molecule has 0 N–H and O–H groups in total. The summed E-state index contributed by atoms with van der Waals surface area (Å²) in [6.45, 7) is 7.61. The number of carbonyl (C=O) groups is 1. The molecule has 0 bridgehead atoms. The molecule has 0 aromatic heterocycles. The molecule has 4 nitrogen and oxygen atoms in total. The van der Waals surface area contributed by atoms with Crippen LogP contribution in [-0.2, 0) is 17.9 Å². The highest BCUT2D eigenvalue weighted by molar-refractivity contribution is 5.79. The Bertz CT molecular complexity index is 741. The molecule has 0 aliphatic carbocycles. The van der Waals surface area contributed by atoms with E-state index in [0.717, 1.165) is 65.2 Å². The van der Waals surface area contributed by atoms with Gasteiger partial charge in [0.15, 0.2) is 0 Å². The van der Waals surface area contributed by atoms with E-state index in [0.29, 0.717) is 5.91 Å². The molecule has 4 rings (SSSR count). The van der Waals surface area contributed by atoms with Crippen molar-refractivity contribution >= 4 is 5.91 Å². The fraction of sp³-hybridized carbons (Fsp3) is 0.458. The number of benzene rings is 2. The summed E-state index contributed by atoms with van der Waals surface area (Å²) < 4.78 is 0. The number of hydrogen-bond acceptors (Lipinski definition) is 3. The lowest BCUT2D eigenvalue weighted by atomic mass is 9.95. The highest BCUT2D eigenvalue weighted by atomic mass is 16.2. The van der Waals surface area contributed by atoms with Gasteiger partial charge in [-0.2, -0.15) is 0 Å². The minimum atomic E-state index is 0.165. The molecule has 4 heteroatoms. The molecule has 0 radical (unpaired) electrons. The molecule has 1 amide bonds. The zero-order valence-corrected chi connectivity index (χ0v) is 16.7. The van der Waals surface area contributed by atoms with Crippen LogP contribution in [-0.4, -0.2) is 59.9 Å². The molecule has 0 spiro atoms. The van der Waals surface area contributed by atoms with E-state index in [2.05, 4.69) is 75.4 Å². The van der Waals surface area contributed by atoms with E-state index in [1.807, 2.05) is 0 Å². The van der Waals surface area contributed by atoms with Gasteiger partial charge in [0.05, 0.1) is 5.92 Å². The van der Waals surface area contributed by atoms with Crippen LogP contribution in [0.3, 0.4) is 0 Å². The normalized spacial score (nSPS) is 21.6. The van der Waals surface area contributed by atoms with Crippen molar-refractivity contribution in [3.63, 3.8) is 0 Å². The van der Waals surface area contributed by atoms with E-state index in [1.165, 1.54) is 11.1 Å². The zero-order chi connectivity index (χ0) is 19.2. The van der Waals surface area contributed by atoms with Gasteiger partial charge in [0.2, 0.25) is 5.91 Å². The number of carbonyl (C=O) groups excluding carboxylic acids is 1. The third-order valence-corrected chi connectivity index (χ3v) is 6.04. The standard InChI is InChI=1S/C24H31N3O/c28-24(23-12-7-13-26(20-23)19-22-10-5-2-6-11-22)27-16-14-25(15-17-27)18-21-8-3-1-4-9-21/h1-6,8-11,23H,7,12-20H2. The molecule has 2 saturated heterocycles. The van der Waals surface area contributed by atoms with Gasteiger partial charge in [0, 0.05) is 45.8 Å². The van der Waals surface area contributed by atoms with E-state index in [9.17, 15) is 4.79 Å². The van der Waals surface area contributed by atoms with E-state index in [4.69, 9.17) is 0 Å². The second-order valence-electron chi connectivity index (χ2n) is 8.15. The van der Waals surface area contributed by atoms with E-state index in [-0.39, 0.29) is 5.92 Å². The molecule has 0 saturated carbocycles. The second-order valence-corrected chi connectivity index (χ2v) is 8.15. The number of likely N-dealkylation sites (tertiary alicyclic amines) is 1. The van der Waals surface area contributed by atoms with Gasteiger partial charge < -0.3 is 4.90 Å². The highest BCUT2D eigenvalue weighted by Gasteiger charge is 2.31. The number of piperidine rings is 1. The van der Waals surface area contributed by atoms with E-state index >= 15 is 0 Å². The van der Waals surface area contributed by atoms with Crippen LogP contribution < -0.4 is 0 Å². The Morgan fingerprint density at radius 2 is 1.32 bits per heavy atom. The van der Waals surface area contributed by atoms with Crippen LogP contribution in [0.4, 0.5) is 0 Å². The summed E-state index contributed by atoms with van der Waals surface area (Å²) in [5, 5.41) is 0. The topological polar surface area (TPSA) is 26.8 Å². The molecule has 1 unspecified atom stereocenters. The molecule has 2 heterocycles. The smallest absolute Gasteiger partial charge is 0.227 e. The van der Waals surface area contributed by atoms with Gasteiger partial charge in [0.25, 0.3) is 0 Å². The van der Waals surface area contributed by atoms with Gasteiger partial charge in [-0.3, -0.25) is 14.6 Å². The van der Waals surface area contributed by atoms with Gasteiger partial charge >= 0.3 is 0 Å². The number of nitrogens with zero attached hydrogens (tertiary/aromatic N) is 3. The molecule has 1 atom stereocenters. The maximum atomic E-state index is 13.1. The first-order valence-corrected chi connectivity index (χ1v) is 10.6. The number of amides is 1. The van der Waals surface area contributed by atoms with Crippen molar-refractivity contribution in [2.24, 2.45) is 5.92 Å². The van der Waals surface area contributed by atoms with Crippen molar-refractivity contribution in [1.82, 2.24) is 14.7 Å². The van der Waals surface area contributed by atoms with Gasteiger partial charge in [-0.15, -0.1) is 0 Å². The minimum Gasteiger partial charge on any atom is -0.340 e. The summed E-state index contributed by atoms with van der Waals surface area (Å²) in [7, 11) is 0. The fourth-order valence-corrected chi connectivity index (χ4v) is 4.47. The molecule has 2 aromatic rings. The Morgan fingerprint density at radius 1 is 0.750 bits per heavy atom. The Kier molecular flexibility index (Phi) is 6.40. The maximum Gasteiger partial charge on any atom is 0.227 e. The number of rotatable bonds is 5. The van der Waals surface area contributed by atoms with Crippen molar-refractivity contribution in [3.05, 3.63) is 71.8 Å².